The highest BCUT2D eigenvalue weighted by atomic mass is 16.5. The van der Waals surface area contributed by atoms with Gasteiger partial charge in [-0.15, -0.1) is 0 Å². The zero-order chi connectivity index (χ0) is 12.0. The van der Waals surface area contributed by atoms with Crippen molar-refractivity contribution >= 4 is 0 Å². The Labute approximate surface area is 95.0 Å². The normalized spacial score (nSPS) is 11.6. The van der Waals surface area contributed by atoms with Crippen LogP contribution in [0, 0.1) is 11.3 Å². The van der Waals surface area contributed by atoms with E-state index in [1.54, 1.807) is 25.3 Å². The molecule has 0 aromatic heterocycles. The lowest BCUT2D eigenvalue weighted by atomic mass is 10.1. The number of benzene rings is 1. The molecule has 1 aromatic rings. The summed E-state index contributed by atoms with van der Waals surface area (Å²) in [6.45, 7) is 2.39. The van der Waals surface area contributed by atoms with Crippen molar-refractivity contribution in [2.45, 2.75) is 19.4 Å². The molecule has 1 N–H and O–H groups in total. The molecule has 0 bridgehead atoms. The van der Waals surface area contributed by atoms with Crippen LogP contribution >= 0.6 is 0 Å². The third kappa shape index (κ3) is 2.88. The summed E-state index contributed by atoms with van der Waals surface area (Å²) in [6.07, 6.45) is -0.715. The van der Waals surface area contributed by atoms with E-state index in [2.05, 4.69) is 0 Å². The zero-order valence-electron chi connectivity index (χ0n) is 9.43. The van der Waals surface area contributed by atoms with E-state index in [0.717, 1.165) is 0 Å². The number of hydrogen-bond donors (Lipinski definition) is 1. The summed E-state index contributed by atoms with van der Waals surface area (Å²) in [5, 5.41) is 18.2. The van der Waals surface area contributed by atoms with Crippen molar-refractivity contribution < 1.29 is 14.6 Å². The largest absolute Gasteiger partial charge is 0.493 e. The first-order valence-corrected chi connectivity index (χ1v) is 5.08. The van der Waals surface area contributed by atoms with Crippen LogP contribution in [0.5, 0.6) is 11.5 Å². The summed E-state index contributed by atoms with van der Waals surface area (Å²) >= 11 is 0. The Hall–Kier alpha value is -1.73. The third-order valence-corrected chi connectivity index (χ3v) is 2.16. The van der Waals surface area contributed by atoms with Crippen molar-refractivity contribution in [1.29, 1.82) is 5.26 Å². The van der Waals surface area contributed by atoms with Gasteiger partial charge in [-0.25, -0.2) is 0 Å². The summed E-state index contributed by atoms with van der Waals surface area (Å²) < 4.78 is 10.5. The molecule has 86 valence electrons. The van der Waals surface area contributed by atoms with E-state index in [0.29, 0.717) is 23.7 Å². The highest BCUT2D eigenvalue weighted by Crippen LogP contribution is 2.30. The van der Waals surface area contributed by atoms with Crippen LogP contribution in [0.3, 0.4) is 0 Å². The molecule has 4 heteroatoms. The average molecular weight is 221 g/mol. The molecule has 0 aliphatic carbocycles. The van der Waals surface area contributed by atoms with Gasteiger partial charge in [-0.05, 0) is 24.6 Å². The second-order valence-corrected chi connectivity index (χ2v) is 3.22. The fourth-order valence-electron chi connectivity index (χ4n) is 1.37. The Morgan fingerprint density at radius 3 is 2.75 bits per heavy atom. The molecule has 0 saturated heterocycles. The molecule has 0 spiro atoms. The van der Waals surface area contributed by atoms with E-state index >= 15 is 0 Å². The maximum Gasteiger partial charge on any atom is 0.161 e. The molecule has 16 heavy (non-hydrogen) atoms. The molecular formula is C12H15NO3. The Balaban J connectivity index is 2.97. The predicted octanol–water partition coefficient (Wildman–Crippen LogP) is 2.04. The lowest BCUT2D eigenvalue weighted by Gasteiger charge is -2.13. The molecule has 0 amide bonds. The Kier molecular flexibility index (Phi) is 4.62. The van der Waals surface area contributed by atoms with Gasteiger partial charge in [-0.2, -0.15) is 5.26 Å². The van der Waals surface area contributed by atoms with Gasteiger partial charge in [0.15, 0.2) is 11.5 Å². The van der Waals surface area contributed by atoms with Crippen molar-refractivity contribution in [1.82, 2.24) is 0 Å². The lowest BCUT2D eigenvalue weighted by Crippen LogP contribution is -2.00. The van der Waals surface area contributed by atoms with Crippen LogP contribution in [-0.2, 0) is 0 Å². The maximum atomic E-state index is 9.66. The first-order valence-electron chi connectivity index (χ1n) is 5.08. The number of aliphatic hydroxyl groups excluding tert-OH is 1. The number of hydrogen-bond acceptors (Lipinski definition) is 4. The molecule has 1 atom stereocenters. The molecule has 0 saturated carbocycles. The quantitative estimate of drug-likeness (QED) is 0.826. The zero-order valence-corrected chi connectivity index (χ0v) is 9.43. The number of aliphatic hydroxyl groups is 1. The first kappa shape index (κ1) is 12.3. The third-order valence-electron chi connectivity index (χ3n) is 2.16. The van der Waals surface area contributed by atoms with Crippen LogP contribution in [0.2, 0.25) is 0 Å². The monoisotopic (exact) mass is 221 g/mol. The smallest absolute Gasteiger partial charge is 0.161 e. The van der Waals surface area contributed by atoms with Gasteiger partial charge in [0.1, 0.15) is 0 Å². The fourth-order valence-corrected chi connectivity index (χ4v) is 1.37. The van der Waals surface area contributed by atoms with E-state index < -0.39 is 6.10 Å². The van der Waals surface area contributed by atoms with Gasteiger partial charge in [0.05, 0.1) is 32.3 Å². The van der Waals surface area contributed by atoms with Crippen molar-refractivity contribution in [3.8, 4) is 17.6 Å². The first-order chi connectivity index (χ1) is 7.72. The molecule has 0 radical (unpaired) electrons. The highest BCUT2D eigenvalue weighted by molar-refractivity contribution is 5.43. The molecule has 1 unspecified atom stereocenters. The molecule has 0 heterocycles. The van der Waals surface area contributed by atoms with E-state index in [1.165, 1.54) is 0 Å². The van der Waals surface area contributed by atoms with Gasteiger partial charge < -0.3 is 14.6 Å². The fraction of sp³-hybridized carbons (Fsp3) is 0.417. The number of rotatable bonds is 5. The molecule has 1 rings (SSSR count). The second-order valence-electron chi connectivity index (χ2n) is 3.22. The van der Waals surface area contributed by atoms with Crippen LogP contribution in [0.15, 0.2) is 18.2 Å². The average Bonchev–Trinajstić information content (AvgIpc) is 2.29. The Bertz CT molecular complexity index is 384. The van der Waals surface area contributed by atoms with Crippen molar-refractivity contribution in [2.75, 3.05) is 13.7 Å². The summed E-state index contributed by atoms with van der Waals surface area (Å²) in [7, 11) is 1.56. The number of nitriles is 1. The minimum absolute atomic E-state index is 0.0674. The van der Waals surface area contributed by atoms with Crippen molar-refractivity contribution in [3.63, 3.8) is 0 Å². The molecule has 0 fully saturated rings. The van der Waals surface area contributed by atoms with E-state index in [1.807, 2.05) is 13.0 Å². The number of methoxy groups -OCH3 is 1. The lowest BCUT2D eigenvalue weighted by molar-refractivity contribution is 0.182. The molecular weight excluding hydrogens is 206 g/mol. The van der Waals surface area contributed by atoms with Crippen LogP contribution in [0.25, 0.3) is 0 Å². The minimum Gasteiger partial charge on any atom is -0.493 e. The van der Waals surface area contributed by atoms with E-state index in [-0.39, 0.29) is 6.42 Å². The molecule has 4 nitrogen and oxygen atoms in total. The highest BCUT2D eigenvalue weighted by Gasteiger charge is 2.11. The molecule has 0 aliphatic rings. The van der Waals surface area contributed by atoms with E-state index in [4.69, 9.17) is 14.7 Å². The van der Waals surface area contributed by atoms with Gasteiger partial charge in [0, 0.05) is 0 Å². The SMILES string of the molecule is CCOc1cc(C(O)CC#N)ccc1OC. The minimum atomic E-state index is -0.782. The van der Waals surface area contributed by atoms with Crippen LogP contribution in [0.4, 0.5) is 0 Å². The van der Waals surface area contributed by atoms with Gasteiger partial charge in [-0.3, -0.25) is 0 Å². The summed E-state index contributed by atoms with van der Waals surface area (Å²) in [5.41, 5.74) is 0.658. The Morgan fingerprint density at radius 1 is 1.44 bits per heavy atom. The molecule has 1 aromatic carbocycles. The standard InChI is InChI=1S/C12H15NO3/c1-3-16-12-8-9(10(14)6-7-13)4-5-11(12)15-2/h4-5,8,10,14H,3,6H2,1-2H3. The second kappa shape index (κ2) is 5.99. The van der Waals surface area contributed by atoms with Gasteiger partial charge in [0.25, 0.3) is 0 Å². The van der Waals surface area contributed by atoms with Crippen molar-refractivity contribution in [3.05, 3.63) is 23.8 Å². The van der Waals surface area contributed by atoms with E-state index in [9.17, 15) is 5.11 Å². The van der Waals surface area contributed by atoms with Gasteiger partial charge in [0.2, 0.25) is 0 Å². The topological polar surface area (TPSA) is 62.5 Å². The van der Waals surface area contributed by atoms with Crippen LogP contribution < -0.4 is 9.47 Å². The van der Waals surface area contributed by atoms with Gasteiger partial charge >= 0.3 is 0 Å². The Morgan fingerprint density at radius 2 is 2.19 bits per heavy atom. The maximum absolute atomic E-state index is 9.66. The number of ether oxygens (including phenoxy) is 2. The van der Waals surface area contributed by atoms with Gasteiger partial charge in [-0.1, -0.05) is 6.07 Å². The summed E-state index contributed by atoms with van der Waals surface area (Å²) in [5.74, 6) is 1.20. The summed E-state index contributed by atoms with van der Waals surface area (Å²) in [4.78, 5) is 0. The van der Waals surface area contributed by atoms with Crippen molar-refractivity contribution in [2.24, 2.45) is 0 Å². The molecule has 0 aliphatic heterocycles. The summed E-state index contributed by atoms with van der Waals surface area (Å²) in [6, 6.07) is 7.07. The van der Waals surface area contributed by atoms with Crippen LogP contribution in [-0.4, -0.2) is 18.8 Å². The predicted molar refractivity (Wildman–Crippen MR) is 59.4 cm³/mol. The van der Waals surface area contributed by atoms with Crippen LogP contribution in [0.1, 0.15) is 25.0 Å². The number of nitrogens with zero attached hydrogens (tertiary/aromatic N) is 1.